The number of para-hydroxylation sites is 1. The molecule has 0 saturated heterocycles. The molecule has 1 aliphatic rings. The van der Waals surface area contributed by atoms with Gasteiger partial charge in [-0.05, 0) is 65.5 Å². The molecule has 4 rings (SSSR count). The standard InChI is InChI=1S/C20H17BrN2O3/c1-11-5-8-14(22-19(24)12-6-7-12)10-16(11)23-20(25)17-9-13-3-2-4-15(21)18(13)26-17/h2-5,8-10,12H,6-7H2,1H3,(H,22,24)(H,23,25). The predicted octanol–water partition coefficient (Wildman–Crippen LogP) is 5.10. The molecular formula is C20H17BrN2O3. The topological polar surface area (TPSA) is 71.3 Å². The fraction of sp³-hybridized carbons (Fsp3) is 0.200. The Morgan fingerprint density at radius 3 is 2.65 bits per heavy atom. The maximum atomic E-state index is 12.6. The van der Waals surface area contributed by atoms with E-state index in [1.807, 2.05) is 37.3 Å². The first-order valence-electron chi connectivity index (χ1n) is 8.42. The van der Waals surface area contributed by atoms with Crippen molar-refractivity contribution in [1.82, 2.24) is 0 Å². The van der Waals surface area contributed by atoms with Gasteiger partial charge < -0.3 is 15.1 Å². The van der Waals surface area contributed by atoms with E-state index in [9.17, 15) is 9.59 Å². The summed E-state index contributed by atoms with van der Waals surface area (Å²) in [5.41, 5.74) is 2.86. The summed E-state index contributed by atoms with van der Waals surface area (Å²) in [6.45, 7) is 1.90. The number of hydrogen-bond acceptors (Lipinski definition) is 3. The fourth-order valence-corrected chi connectivity index (χ4v) is 3.21. The van der Waals surface area contributed by atoms with Gasteiger partial charge in [-0.25, -0.2) is 0 Å². The van der Waals surface area contributed by atoms with Crippen LogP contribution in [0.5, 0.6) is 0 Å². The van der Waals surface area contributed by atoms with Crippen molar-refractivity contribution in [3.8, 4) is 0 Å². The number of fused-ring (bicyclic) bond motifs is 1. The van der Waals surface area contributed by atoms with E-state index >= 15 is 0 Å². The van der Waals surface area contributed by atoms with E-state index in [0.29, 0.717) is 17.0 Å². The van der Waals surface area contributed by atoms with Gasteiger partial charge in [-0.3, -0.25) is 9.59 Å². The van der Waals surface area contributed by atoms with Crippen molar-refractivity contribution in [2.24, 2.45) is 5.92 Å². The molecule has 2 N–H and O–H groups in total. The maximum absolute atomic E-state index is 12.6. The molecule has 3 aromatic rings. The first kappa shape index (κ1) is 16.8. The highest BCUT2D eigenvalue weighted by Gasteiger charge is 2.29. The van der Waals surface area contributed by atoms with E-state index in [0.717, 1.165) is 28.3 Å². The Bertz CT molecular complexity index is 1020. The second-order valence-corrected chi connectivity index (χ2v) is 7.37. The zero-order chi connectivity index (χ0) is 18.3. The van der Waals surface area contributed by atoms with Gasteiger partial charge >= 0.3 is 0 Å². The van der Waals surface area contributed by atoms with Crippen molar-refractivity contribution in [3.05, 3.63) is 58.3 Å². The summed E-state index contributed by atoms with van der Waals surface area (Å²) >= 11 is 3.42. The lowest BCUT2D eigenvalue weighted by Crippen LogP contribution is -2.15. The molecule has 0 bridgehead atoms. The predicted molar refractivity (Wildman–Crippen MR) is 104 cm³/mol. The van der Waals surface area contributed by atoms with Crippen LogP contribution in [0.1, 0.15) is 29.0 Å². The third kappa shape index (κ3) is 3.37. The Morgan fingerprint density at radius 2 is 1.92 bits per heavy atom. The molecule has 5 nitrogen and oxygen atoms in total. The van der Waals surface area contributed by atoms with Crippen molar-refractivity contribution in [1.29, 1.82) is 0 Å². The molecule has 6 heteroatoms. The minimum Gasteiger partial charge on any atom is -0.450 e. The third-order valence-electron chi connectivity index (χ3n) is 4.42. The monoisotopic (exact) mass is 412 g/mol. The van der Waals surface area contributed by atoms with Crippen LogP contribution in [-0.2, 0) is 4.79 Å². The van der Waals surface area contributed by atoms with Crippen molar-refractivity contribution in [2.75, 3.05) is 10.6 Å². The summed E-state index contributed by atoms with van der Waals surface area (Å²) in [7, 11) is 0. The van der Waals surface area contributed by atoms with E-state index in [4.69, 9.17) is 4.42 Å². The Kier molecular flexibility index (Phi) is 4.28. The number of anilines is 2. The van der Waals surface area contributed by atoms with Gasteiger partial charge in [-0.2, -0.15) is 0 Å². The molecule has 26 heavy (non-hydrogen) atoms. The molecule has 1 aromatic heterocycles. The van der Waals surface area contributed by atoms with E-state index in [1.54, 1.807) is 12.1 Å². The molecule has 0 radical (unpaired) electrons. The van der Waals surface area contributed by atoms with Crippen LogP contribution in [0.25, 0.3) is 11.0 Å². The van der Waals surface area contributed by atoms with Crippen LogP contribution in [0.15, 0.2) is 51.4 Å². The van der Waals surface area contributed by atoms with E-state index < -0.39 is 0 Å². The molecule has 0 atom stereocenters. The summed E-state index contributed by atoms with van der Waals surface area (Å²) in [5, 5.41) is 6.61. The van der Waals surface area contributed by atoms with Crippen LogP contribution < -0.4 is 10.6 Å². The second kappa shape index (κ2) is 6.61. The number of carbonyl (C=O) groups is 2. The van der Waals surface area contributed by atoms with Gasteiger partial charge in [0.25, 0.3) is 5.91 Å². The molecule has 1 heterocycles. The molecule has 1 saturated carbocycles. The normalized spacial score (nSPS) is 13.6. The van der Waals surface area contributed by atoms with Gasteiger partial charge in [0.15, 0.2) is 5.76 Å². The number of halogens is 1. The number of aryl methyl sites for hydroxylation is 1. The number of rotatable bonds is 4. The van der Waals surface area contributed by atoms with E-state index in [1.165, 1.54) is 0 Å². The average Bonchev–Trinajstić information content (AvgIpc) is 3.37. The lowest BCUT2D eigenvalue weighted by molar-refractivity contribution is -0.117. The quantitative estimate of drug-likeness (QED) is 0.625. The van der Waals surface area contributed by atoms with Crippen molar-refractivity contribution in [3.63, 3.8) is 0 Å². The van der Waals surface area contributed by atoms with Gasteiger partial charge in [0.05, 0.1) is 4.47 Å². The molecule has 2 amide bonds. The van der Waals surface area contributed by atoms with Crippen LogP contribution in [0, 0.1) is 12.8 Å². The molecule has 1 fully saturated rings. The van der Waals surface area contributed by atoms with E-state index in [2.05, 4.69) is 26.6 Å². The van der Waals surface area contributed by atoms with Crippen LogP contribution in [0.3, 0.4) is 0 Å². The second-order valence-electron chi connectivity index (χ2n) is 6.52. The summed E-state index contributed by atoms with van der Waals surface area (Å²) < 4.78 is 6.48. The van der Waals surface area contributed by atoms with Gasteiger partial charge in [0.2, 0.25) is 5.91 Å². The average molecular weight is 413 g/mol. The SMILES string of the molecule is Cc1ccc(NC(=O)C2CC2)cc1NC(=O)c1cc2cccc(Br)c2o1. The fourth-order valence-electron chi connectivity index (χ4n) is 2.75. The zero-order valence-corrected chi connectivity index (χ0v) is 15.7. The zero-order valence-electron chi connectivity index (χ0n) is 14.1. The number of amides is 2. The Morgan fingerprint density at radius 1 is 1.12 bits per heavy atom. The Balaban J connectivity index is 1.56. The molecule has 132 valence electrons. The first-order chi connectivity index (χ1) is 12.5. The smallest absolute Gasteiger partial charge is 0.291 e. The van der Waals surface area contributed by atoms with Crippen LogP contribution in [-0.4, -0.2) is 11.8 Å². The number of nitrogens with one attached hydrogen (secondary N) is 2. The summed E-state index contributed by atoms with van der Waals surface area (Å²) in [5.74, 6) is 0.0668. The molecule has 2 aromatic carbocycles. The lowest BCUT2D eigenvalue weighted by Gasteiger charge is -2.10. The molecule has 0 spiro atoms. The van der Waals surface area contributed by atoms with Gasteiger partial charge in [0.1, 0.15) is 5.58 Å². The van der Waals surface area contributed by atoms with Crippen molar-refractivity contribution in [2.45, 2.75) is 19.8 Å². The van der Waals surface area contributed by atoms with E-state index in [-0.39, 0.29) is 23.5 Å². The van der Waals surface area contributed by atoms with Gasteiger partial charge in [0, 0.05) is 22.7 Å². The van der Waals surface area contributed by atoms with Crippen molar-refractivity contribution < 1.29 is 14.0 Å². The number of furan rings is 1. The summed E-state index contributed by atoms with van der Waals surface area (Å²) in [6, 6.07) is 12.8. The summed E-state index contributed by atoms with van der Waals surface area (Å²) in [6.07, 6.45) is 1.89. The highest BCUT2D eigenvalue weighted by atomic mass is 79.9. The number of carbonyl (C=O) groups excluding carboxylic acids is 2. The maximum Gasteiger partial charge on any atom is 0.291 e. The van der Waals surface area contributed by atoms with Crippen molar-refractivity contribution >= 4 is 50.1 Å². The minimum absolute atomic E-state index is 0.0354. The number of hydrogen-bond donors (Lipinski definition) is 2. The van der Waals surface area contributed by atoms with Crippen LogP contribution >= 0.6 is 15.9 Å². The Labute approximate surface area is 158 Å². The molecule has 1 aliphatic carbocycles. The minimum atomic E-state index is -0.332. The van der Waals surface area contributed by atoms with Gasteiger partial charge in [-0.1, -0.05) is 18.2 Å². The first-order valence-corrected chi connectivity index (χ1v) is 9.21. The Hall–Kier alpha value is -2.60. The third-order valence-corrected chi connectivity index (χ3v) is 5.05. The highest BCUT2D eigenvalue weighted by Crippen LogP contribution is 2.31. The van der Waals surface area contributed by atoms with Crippen LogP contribution in [0.2, 0.25) is 0 Å². The molecule has 0 unspecified atom stereocenters. The largest absolute Gasteiger partial charge is 0.450 e. The summed E-state index contributed by atoms with van der Waals surface area (Å²) in [4.78, 5) is 24.5. The molecule has 0 aliphatic heterocycles. The van der Waals surface area contributed by atoms with Gasteiger partial charge in [-0.15, -0.1) is 0 Å². The molecular weight excluding hydrogens is 396 g/mol. The lowest BCUT2D eigenvalue weighted by atomic mass is 10.1. The van der Waals surface area contributed by atoms with Crippen LogP contribution in [0.4, 0.5) is 11.4 Å². The number of benzene rings is 2. The highest BCUT2D eigenvalue weighted by molar-refractivity contribution is 9.10.